The van der Waals surface area contributed by atoms with Gasteiger partial charge in [-0.1, -0.05) is 13.8 Å². The standard InChI is InChI=1S/C8H17NO2/c1-7(2)3-4-8-9(10)5-6-11-8/h7-8,10H,3-6H2,1-2H3. The molecular weight excluding hydrogens is 142 g/mol. The quantitative estimate of drug-likeness (QED) is 0.677. The Labute approximate surface area is 67.9 Å². The predicted octanol–water partition coefficient (Wildman–Crippen LogP) is 1.47. The molecular formula is C8H17NO2. The molecule has 3 nitrogen and oxygen atoms in total. The van der Waals surface area contributed by atoms with Crippen LogP contribution < -0.4 is 0 Å². The van der Waals surface area contributed by atoms with Gasteiger partial charge >= 0.3 is 0 Å². The second-order valence-corrected chi connectivity index (χ2v) is 3.46. The Morgan fingerprint density at radius 2 is 2.36 bits per heavy atom. The Balaban J connectivity index is 2.15. The zero-order valence-corrected chi connectivity index (χ0v) is 7.29. The first kappa shape index (κ1) is 8.97. The summed E-state index contributed by atoms with van der Waals surface area (Å²) < 4.78 is 5.29. The highest BCUT2D eigenvalue weighted by molar-refractivity contribution is 4.62. The van der Waals surface area contributed by atoms with Crippen LogP contribution in [0.25, 0.3) is 0 Å². The molecule has 11 heavy (non-hydrogen) atoms. The molecule has 0 spiro atoms. The highest BCUT2D eigenvalue weighted by Crippen LogP contribution is 2.15. The summed E-state index contributed by atoms with van der Waals surface area (Å²) >= 11 is 0. The lowest BCUT2D eigenvalue weighted by Gasteiger charge is -2.16. The lowest BCUT2D eigenvalue weighted by Crippen LogP contribution is -2.26. The molecule has 0 saturated carbocycles. The van der Waals surface area contributed by atoms with E-state index < -0.39 is 0 Å². The van der Waals surface area contributed by atoms with Crippen molar-refractivity contribution in [3.8, 4) is 0 Å². The molecule has 1 saturated heterocycles. The van der Waals surface area contributed by atoms with Gasteiger partial charge in [0.1, 0.15) is 6.23 Å². The van der Waals surface area contributed by atoms with Gasteiger partial charge in [0.2, 0.25) is 0 Å². The number of ether oxygens (including phenoxy) is 1. The first-order valence-electron chi connectivity index (χ1n) is 4.27. The van der Waals surface area contributed by atoms with Crippen molar-refractivity contribution in [3.63, 3.8) is 0 Å². The number of hydroxylamine groups is 2. The summed E-state index contributed by atoms with van der Waals surface area (Å²) in [7, 11) is 0. The molecule has 1 atom stereocenters. The summed E-state index contributed by atoms with van der Waals surface area (Å²) in [5.74, 6) is 0.688. The van der Waals surface area contributed by atoms with E-state index in [1.54, 1.807) is 0 Å². The fourth-order valence-electron chi connectivity index (χ4n) is 1.22. The van der Waals surface area contributed by atoms with Crippen molar-refractivity contribution < 1.29 is 9.94 Å². The van der Waals surface area contributed by atoms with Gasteiger partial charge in [-0.05, 0) is 18.8 Å². The van der Waals surface area contributed by atoms with Crippen molar-refractivity contribution in [2.45, 2.75) is 32.9 Å². The molecule has 1 N–H and O–H groups in total. The molecule has 66 valence electrons. The third kappa shape index (κ3) is 2.77. The van der Waals surface area contributed by atoms with Crippen LogP contribution in [0.1, 0.15) is 26.7 Å². The zero-order valence-electron chi connectivity index (χ0n) is 7.29. The highest BCUT2D eigenvalue weighted by atomic mass is 16.6. The Morgan fingerprint density at radius 3 is 2.82 bits per heavy atom. The van der Waals surface area contributed by atoms with E-state index in [-0.39, 0.29) is 6.23 Å². The highest BCUT2D eigenvalue weighted by Gasteiger charge is 2.22. The molecule has 0 bridgehead atoms. The van der Waals surface area contributed by atoms with E-state index >= 15 is 0 Å². The summed E-state index contributed by atoms with van der Waals surface area (Å²) in [5, 5.41) is 10.5. The van der Waals surface area contributed by atoms with Crippen molar-refractivity contribution >= 4 is 0 Å². The Bertz CT molecular complexity index is 117. The van der Waals surface area contributed by atoms with Crippen LogP contribution in [0.15, 0.2) is 0 Å². The molecule has 0 aromatic rings. The molecule has 0 aromatic carbocycles. The fourth-order valence-corrected chi connectivity index (χ4v) is 1.22. The average molecular weight is 159 g/mol. The summed E-state index contributed by atoms with van der Waals surface area (Å²) in [6.07, 6.45) is 2.01. The predicted molar refractivity (Wildman–Crippen MR) is 42.3 cm³/mol. The first-order valence-corrected chi connectivity index (χ1v) is 4.27. The molecule has 1 unspecified atom stereocenters. The number of rotatable bonds is 3. The molecule has 0 aliphatic carbocycles. The van der Waals surface area contributed by atoms with Crippen molar-refractivity contribution in [2.24, 2.45) is 5.92 Å². The maximum absolute atomic E-state index is 9.21. The summed E-state index contributed by atoms with van der Waals surface area (Å²) in [6.45, 7) is 5.68. The zero-order chi connectivity index (χ0) is 8.27. The van der Waals surface area contributed by atoms with Crippen LogP contribution in [0.3, 0.4) is 0 Å². The molecule has 0 aromatic heterocycles. The van der Waals surface area contributed by atoms with Gasteiger partial charge in [0.15, 0.2) is 0 Å². The molecule has 1 fully saturated rings. The van der Waals surface area contributed by atoms with E-state index in [0.717, 1.165) is 12.8 Å². The van der Waals surface area contributed by atoms with Gasteiger partial charge in [-0.3, -0.25) is 0 Å². The lowest BCUT2D eigenvalue weighted by atomic mass is 10.1. The minimum Gasteiger partial charge on any atom is -0.360 e. The van der Waals surface area contributed by atoms with Crippen LogP contribution >= 0.6 is 0 Å². The van der Waals surface area contributed by atoms with Crippen molar-refractivity contribution in [1.29, 1.82) is 0 Å². The largest absolute Gasteiger partial charge is 0.360 e. The second kappa shape index (κ2) is 4.04. The van der Waals surface area contributed by atoms with Gasteiger partial charge in [0, 0.05) is 0 Å². The minimum absolute atomic E-state index is 0.0441. The van der Waals surface area contributed by atoms with Gasteiger partial charge in [0.05, 0.1) is 13.2 Å². The number of hydrogen-bond acceptors (Lipinski definition) is 3. The normalized spacial score (nSPS) is 26.7. The monoisotopic (exact) mass is 159 g/mol. The second-order valence-electron chi connectivity index (χ2n) is 3.46. The maximum Gasteiger partial charge on any atom is 0.133 e. The van der Waals surface area contributed by atoms with Gasteiger partial charge in [-0.2, -0.15) is 5.06 Å². The van der Waals surface area contributed by atoms with Gasteiger partial charge in [0.25, 0.3) is 0 Å². The molecule has 1 aliphatic rings. The van der Waals surface area contributed by atoms with Crippen LogP contribution in [0.4, 0.5) is 0 Å². The molecule has 0 radical (unpaired) electrons. The first-order chi connectivity index (χ1) is 5.20. The number of hydrogen-bond donors (Lipinski definition) is 1. The molecule has 1 heterocycles. The van der Waals surface area contributed by atoms with E-state index in [1.165, 1.54) is 5.06 Å². The fraction of sp³-hybridized carbons (Fsp3) is 1.00. The van der Waals surface area contributed by atoms with Crippen LogP contribution in [-0.2, 0) is 4.74 Å². The van der Waals surface area contributed by atoms with Crippen LogP contribution in [0, 0.1) is 5.92 Å². The average Bonchev–Trinajstić information content (AvgIpc) is 2.31. The summed E-state index contributed by atoms with van der Waals surface area (Å²) in [4.78, 5) is 0. The van der Waals surface area contributed by atoms with E-state index in [9.17, 15) is 5.21 Å². The summed E-state index contributed by atoms with van der Waals surface area (Å²) in [5.41, 5.74) is 0. The topological polar surface area (TPSA) is 32.7 Å². The SMILES string of the molecule is CC(C)CCC1OCCN1O. The van der Waals surface area contributed by atoms with Gasteiger partial charge in [-0.25, -0.2) is 0 Å². The number of nitrogens with zero attached hydrogens (tertiary/aromatic N) is 1. The van der Waals surface area contributed by atoms with Gasteiger partial charge in [-0.15, -0.1) is 0 Å². The summed E-state index contributed by atoms with van der Waals surface area (Å²) in [6, 6.07) is 0. The smallest absolute Gasteiger partial charge is 0.133 e. The Morgan fingerprint density at radius 1 is 1.64 bits per heavy atom. The van der Waals surface area contributed by atoms with E-state index in [0.29, 0.717) is 19.1 Å². The van der Waals surface area contributed by atoms with Crippen molar-refractivity contribution in [3.05, 3.63) is 0 Å². The molecule has 0 amide bonds. The molecule has 1 rings (SSSR count). The Hall–Kier alpha value is -0.120. The van der Waals surface area contributed by atoms with E-state index in [4.69, 9.17) is 4.74 Å². The van der Waals surface area contributed by atoms with Crippen molar-refractivity contribution in [2.75, 3.05) is 13.2 Å². The minimum atomic E-state index is -0.0441. The molecule has 3 heteroatoms. The molecule has 1 aliphatic heterocycles. The van der Waals surface area contributed by atoms with Crippen LogP contribution in [-0.4, -0.2) is 29.7 Å². The van der Waals surface area contributed by atoms with Crippen LogP contribution in [0.2, 0.25) is 0 Å². The van der Waals surface area contributed by atoms with E-state index in [1.807, 2.05) is 0 Å². The Kier molecular flexibility index (Phi) is 3.30. The van der Waals surface area contributed by atoms with Gasteiger partial charge < -0.3 is 9.94 Å². The van der Waals surface area contributed by atoms with Crippen LogP contribution in [0.5, 0.6) is 0 Å². The maximum atomic E-state index is 9.21. The third-order valence-corrected chi connectivity index (χ3v) is 1.95. The lowest BCUT2D eigenvalue weighted by molar-refractivity contribution is -0.156. The van der Waals surface area contributed by atoms with Crippen molar-refractivity contribution in [1.82, 2.24) is 5.06 Å². The van der Waals surface area contributed by atoms with E-state index in [2.05, 4.69) is 13.8 Å². The third-order valence-electron chi connectivity index (χ3n) is 1.95.